The van der Waals surface area contributed by atoms with E-state index < -0.39 is 0 Å². The van der Waals surface area contributed by atoms with E-state index in [1.54, 1.807) is 25.2 Å². The maximum absolute atomic E-state index is 12.0. The summed E-state index contributed by atoms with van der Waals surface area (Å²) in [7, 11) is 5.39. The molecule has 0 fully saturated rings. The molecule has 0 unspecified atom stereocenters. The van der Waals surface area contributed by atoms with E-state index in [-0.39, 0.29) is 11.9 Å². The minimum atomic E-state index is -0.329. The lowest BCUT2D eigenvalue weighted by atomic mass is 10.1. The van der Waals surface area contributed by atoms with E-state index in [1.807, 2.05) is 19.0 Å². The van der Waals surface area contributed by atoms with Crippen LogP contribution in [0.3, 0.4) is 0 Å². The number of aromatic nitrogens is 4. The summed E-state index contributed by atoms with van der Waals surface area (Å²) in [6.45, 7) is 0. The van der Waals surface area contributed by atoms with E-state index in [9.17, 15) is 4.79 Å². The molecule has 8 heteroatoms. The molecule has 0 atom stereocenters. The zero-order valence-corrected chi connectivity index (χ0v) is 11.0. The number of nitrogens with two attached hydrogens (primary N) is 1. The van der Waals surface area contributed by atoms with Gasteiger partial charge in [-0.2, -0.15) is 4.80 Å². The average Bonchev–Trinajstić information content (AvgIpc) is 2.74. The smallest absolute Gasteiger partial charge is 0.270 e. The fourth-order valence-corrected chi connectivity index (χ4v) is 1.61. The summed E-state index contributed by atoms with van der Waals surface area (Å²) in [6, 6.07) is 5.09. The Balaban J connectivity index is 2.18. The summed E-state index contributed by atoms with van der Waals surface area (Å²) < 4.78 is 0. The van der Waals surface area contributed by atoms with Crippen molar-refractivity contribution in [1.29, 1.82) is 0 Å². The van der Waals surface area contributed by atoms with Gasteiger partial charge in [0.1, 0.15) is 0 Å². The summed E-state index contributed by atoms with van der Waals surface area (Å²) in [6.07, 6.45) is 0. The standard InChI is InChI=1S/C11H15N7O/c1-17(2)9-5-4-7(6-8(9)12)10(19)13-11-14-16-18(3)15-11/h4-6H,12H2,1-3H3,(H,13,15,19). The molecule has 0 bridgehead atoms. The molecule has 0 saturated carbocycles. The number of nitrogens with one attached hydrogen (secondary N) is 1. The number of carbonyl (C=O) groups excluding carboxylic acids is 1. The molecule has 2 rings (SSSR count). The Labute approximate surface area is 110 Å². The highest BCUT2D eigenvalue weighted by molar-refractivity contribution is 6.04. The number of hydrogen-bond acceptors (Lipinski definition) is 6. The van der Waals surface area contributed by atoms with Crippen molar-refractivity contribution in [3.05, 3.63) is 23.8 Å². The number of nitrogen functional groups attached to an aromatic ring is 1. The molecule has 0 radical (unpaired) electrons. The van der Waals surface area contributed by atoms with E-state index >= 15 is 0 Å². The predicted octanol–water partition coefficient (Wildman–Crippen LogP) is 0.111. The molecule has 1 aromatic carbocycles. The summed E-state index contributed by atoms with van der Waals surface area (Å²) in [5, 5.41) is 13.7. The number of carbonyl (C=O) groups is 1. The number of amides is 1. The first-order chi connectivity index (χ1) is 8.97. The van der Waals surface area contributed by atoms with E-state index in [4.69, 9.17) is 5.73 Å². The molecule has 0 aliphatic rings. The zero-order valence-electron chi connectivity index (χ0n) is 11.0. The Kier molecular flexibility index (Phi) is 3.32. The molecule has 1 heterocycles. The van der Waals surface area contributed by atoms with Crippen molar-refractivity contribution in [3.8, 4) is 0 Å². The van der Waals surface area contributed by atoms with Crippen LogP contribution in [-0.2, 0) is 7.05 Å². The fourth-order valence-electron chi connectivity index (χ4n) is 1.61. The first-order valence-corrected chi connectivity index (χ1v) is 5.59. The Morgan fingerprint density at radius 3 is 2.68 bits per heavy atom. The van der Waals surface area contributed by atoms with Crippen molar-refractivity contribution in [3.63, 3.8) is 0 Å². The number of hydrogen-bond donors (Lipinski definition) is 2. The van der Waals surface area contributed by atoms with Crippen molar-refractivity contribution in [1.82, 2.24) is 20.2 Å². The van der Waals surface area contributed by atoms with Gasteiger partial charge in [-0.15, -0.1) is 5.10 Å². The summed E-state index contributed by atoms with van der Waals surface area (Å²) in [4.78, 5) is 15.1. The highest BCUT2D eigenvalue weighted by atomic mass is 16.1. The number of rotatable bonds is 3. The van der Waals surface area contributed by atoms with E-state index in [0.717, 1.165) is 5.69 Å². The number of anilines is 3. The van der Waals surface area contributed by atoms with Crippen LogP contribution < -0.4 is 16.0 Å². The Hall–Kier alpha value is -2.64. The average molecular weight is 261 g/mol. The van der Waals surface area contributed by atoms with Crippen LogP contribution in [0.1, 0.15) is 10.4 Å². The van der Waals surface area contributed by atoms with Crippen LogP contribution in [-0.4, -0.2) is 40.2 Å². The van der Waals surface area contributed by atoms with E-state index in [0.29, 0.717) is 11.3 Å². The molecule has 0 saturated heterocycles. The van der Waals surface area contributed by atoms with Crippen molar-refractivity contribution < 1.29 is 4.79 Å². The highest BCUT2D eigenvalue weighted by Crippen LogP contribution is 2.22. The second-order valence-electron chi connectivity index (χ2n) is 4.22. The third-order valence-corrected chi connectivity index (χ3v) is 2.51. The number of tetrazole rings is 1. The fraction of sp³-hybridized carbons (Fsp3) is 0.273. The number of aryl methyl sites for hydroxylation is 1. The van der Waals surface area contributed by atoms with Crippen LogP contribution in [0, 0.1) is 0 Å². The SMILES string of the molecule is CN(C)c1ccc(C(=O)Nc2nnn(C)n2)cc1N. The monoisotopic (exact) mass is 261 g/mol. The Morgan fingerprint density at radius 2 is 2.16 bits per heavy atom. The topological polar surface area (TPSA) is 102 Å². The molecular formula is C11H15N7O. The third kappa shape index (κ3) is 2.79. The van der Waals surface area contributed by atoms with E-state index in [2.05, 4.69) is 20.7 Å². The highest BCUT2D eigenvalue weighted by Gasteiger charge is 2.11. The van der Waals surface area contributed by atoms with Gasteiger partial charge in [-0.3, -0.25) is 10.1 Å². The van der Waals surface area contributed by atoms with Crippen LogP contribution in [0.15, 0.2) is 18.2 Å². The van der Waals surface area contributed by atoms with Gasteiger partial charge in [0.25, 0.3) is 11.9 Å². The molecule has 3 N–H and O–H groups in total. The summed E-state index contributed by atoms with van der Waals surface area (Å²) >= 11 is 0. The quantitative estimate of drug-likeness (QED) is 0.760. The molecule has 0 spiro atoms. The maximum atomic E-state index is 12.0. The van der Waals surface area contributed by atoms with Crippen LogP contribution in [0.2, 0.25) is 0 Å². The molecule has 0 aliphatic carbocycles. The van der Waals surface area contributed by atoms with Gasteiger partial charge in [0.05, 0.1) is 18.4 Å². The lowest BCUT2D eigenvalue weighted by molar-refractivity contribution is 0.102. The van der Waals surface area contributed by atoms with Crippen molar-refractivity contribution in [2.24, 2.45) is 7.05 Å². The maximum Gasteiger partial charge on any atom is 0.270 e. The van der Waals surface area contributed by atoms with Crippen molar-refractivity contribution in [2.45, 2.75) is 0 Å². The van der Waals surface area contributed by atoms with Crippen LogP contribution >= 0.6 is 0 Å². The van der Waals surface area contributed by atoms with Gasteiger partial charge in [0.15, 0.2) is 0 Å². The second-order valence-corrected chi connectivity index (χ2v) is 4.22. The molecule has 0 aliphatic heterocycles. The predicted molar refractivity (Wildman–Crippen MR) is 71.9 cm³/mol. The molecule has 1 amide bonds. The number of benzene rings is 1. The van der Waals surface area contributed by atoms with Crippen molar-refractivity contribution >= 4 is 23.2 Å². The molecule has 1 aromatic heterocycles. The largest absolute Gasteiger partial charge is 0.397 e. The molecule has 2 aromatic rings. The minimum Gasteiger partial charge on any atom is -0.397 e. The Morgan fingerprint density at radius 1 is 1.42 bits per heavy atom. The zero-order chi connectivity index (χ0) is 14.0. The third-order valence-electron chi connectivity index (χ3n) is 2.51. The molecule has 100 valence electrons. The first kappa shape index (κ1) is 12.8. The van der Waals surface area contributed by atoms with Gasteiger partial charge < -0.3 is 10.6 Å². The van der Waals surface area contributed by atoms with Gasteiger partial charge in [-0.1, -0.05) is 5.10 Å². The first-order valence-electron chi connectivity index (χ1n) is 5.59. The Bertz CT molecular complexity index is 605. The number of nitrogens with zero attached hydrogens (tertiary/aromatic N) is 5. The van der Waals surface area contributed by atoms with Gasteiger partial charge in [-0.05, 0) is 23.4 Å². The second kappa shape index (κ2) is 4.92. The van der Waals surface area contributed by atoms with Crippen molar-refractivity contribution in [2.75, 3.05) is 30.0 Å². The van der Waals surface area contributed by atoms with Gasteiger partial charge in [0, 0.05) is 19.7 Å². The molecule has 8 nitrogen and oxygen atoms in total. The lowest BCUT2D eigenvalue weighted by Crippen LogP contribution is -2.15. The normalized spacial score (nSPS) is 10.3. The lowest BCUT2D eigenvalue weighted by Gasteiger charge is -2.15. The molecular weight excluding hydrogens is 246 g/mol. The minimum absolute atomic E-state index is 0.155. The van der Waals surface area contributed by atoms with Crippen LogP contribution in [0.5, 0.6) is 0 Å². The summed E-state index contributed by atoms with van der Waals surface area (Å²) in [5.41, 5.74) is 7.72. The van der Waals surface area contributed by atoms with Gasteiger partial charge >= 0.3 is 0 Å². The van der Waals surface area contributed by atoms with Gasteiger partial charge in [0.2, 0.25) is 0 Å². The van der Waals surface area contributed by atoms with E-state index in [1.165, 1.54) is 4.80 Å². The summed E-state index contributed by atoms with van der Waals surface area (Å²) in [5.74, 6) is -0.173. The van der Waals surface area contributed by atoms with Gasteiger partial charge in [-0.25, -0.2) is 0 Å². The van der Waals surface area contributed by atoms with Crippen LogP contribution in [0.4, 0.5) is 17.3 Å². The molecule has 19 heavy (non-hydrogen) atoms. The van der Waals surface area contributed by atoms with Crippen LogP contribution in [0.25, 0.3) is 0 Å².